The lowest BCUT2D eigenvalue weighted by Gasteiger charge is -2.12. The van der Waals surface area contributed by atoms with Crippen molar-refractivity contribution in [3.05, 3.63) is 59.7 Å². The van der Waals surface area contributed by atoms with Crippen LogP contribution in [0, 0.1) is 6.92 Å². The van der Waals surface area contributed by atoms with E-state index < -0.39 is 0 Å². The molecule has 2 aromatic carbocycles. The Bertz CT molecular complexity index is 744. The third-order valence-electron chi connectivity index (χ3n) is 3.61. The fourth-order valence-corrected chi connectivity index (χ4v) is 2.08. The number of ether oxygens (including phenoxy) is 1. The molecular formula is C19H23N3O3. The number of para-hydroxylation sites is 1. The predicted octanol–water partition coefficient (Wildman–Crippen LogP) is 2.78. The van der Waals surface area contributed by atoms with Crippen LogP contribution in [0.5, 0.6) is 5.75 Å². The minimum absolute atomic E-state index is 0.0162. The van der Waals surface area contributed by atoms with Gasteiger partial charge in [-0.15, -0.1) is 0 Å². The van der Waals surface area contributed by atoms with Gasteiger partial charge in [-0.2, -0.15) is 0 Å². The third kappa shape index (κ3) is 5.84. The number of hydrogen-bond donors (Lipinski definition) is 2. The standard InChI is InChI=1S/C19H23N3O3/c1-14-7-4-5-10-17(14)21-19(24)20-12-15-8-6-9-16(11-15)25-13-18(23)22(2)3/h4-11H,12-13H2,1-3H3,(H2,20,21,24). The minimum atomic E-state index is -0.275. The van der Waals surface area contributed by atoms with Crippen molar-refractivity contribution in [3.63, 3.8) is 0 Å². The molecule has 2 rings (SSSR count). The lowest BCUT2D eigenvalue weighted by Crippen LogP contribution is -2.28. The summed E-state index contributed by atoms with van der Waals surface area (Å²) >= 11 is 0. The largest absolute Gasteiger partial charge is 0.484 e. The van der Waals surface area contributed by atoms with Gasteiger partial charge in [0.15, 0.2) is 6.61 Å². The molecule has 3 amide bonds. The molecule has 2 aromatic rings. The summed E-state index contributed by atoms with van der Waals surface area (Å²) in [5.74, 6) is 0.481. The van der Waals surface area contributed by atoms with Crippen LogP contribution in [0.4, 0.5) is 10.5 Å². The van der Waals surface area contributed by atoms with E-state index in [1.165, 1.54) is 4.90 Å². The maximum Gasteiger partial charge on any atom is 0.319 e. The van der Waals surface area contributed by atoms with Gasteiger partial charge in [-0.25, -0.2) is 4.79 Å². The van der Waals surface area contributed by atoms with Gasteiger partial charge in [0.05, 0.1) is 0 Å². The van der Waals surface area contributed by atoms with E-state index in [9.17, 15) is 9.59 Å². The van der Waals surface area contributed by atoms with Gasteiger partial charge in [0, 0.05) is 26.3 Å². The van der Waals surface area contributed by atoms with Crippen molar-refractivity contribution in [1.82, 2.24) is 10.2 Å². The van der Waals surface area contributed by atoms with Gasteiger partial charge in [0.1, 0.15) is 5.75 Å². The quantitative estimate of drug-likeness (QED) is 0.849. The summed E-state index contributed by atoms with van der Waals surface area (Å²) in [7, 11) is 3.36. The van der Waals surface area contributed by atoms with Crippen LogP contribution in [0.1, 0.15) is 11.1 Å². The normalized spacial score (nSPS) is 10.0. The van der Waals surface area contributed by atoms with Crippen molar-refractivity contribution in [2.24, 2.45) is 0 Å². The molecule has 0 bridgehead atoms. The van der Waals surface area contributed by atoms with Crippen LogP contribution in [-0.2, 0) is 11.3 Å². The van der Waals surface area contributed by atoms with Crippen molar-refractivity contribution in [1.29, 1.82) is 0 Å². The average Bonchev–Trinajstić information content (AvgIpc) is 2.60. The summed E-state index contributed by atoms with van der Waals surface area (Å²) < 4.78 is 5.47. The van der Waals surface area contributed by atoms with Crippen molar-refractivity contribution in [3.8, 4) is 5.75 Å². The molecule has 0 saturated heterocycles. The third-order valence-corrected chi connectivity index (χ3v) is 3.61. The smallest absolute Gasteiger partial charge is 0.319 e. The lowest BCUT2D eigenvalue weighted by molar-refractivity contribution is -0.130. The molecule has 25 heavy (non-hydrogen) atoms. The van der Waals surface area contributed by atoms with Crippen molar-refractivity contribution >= 4 is 17.6 Å². The van der Waals surface area contributed by atoms with Crippen LogP contribution in [0.25, 0.3) is 0 Å². The summed E-state index contributed by atoms with van der Waals surface area (Å²) in [6.45, 7) is 2.28. The molecule has 0 atom stereocenters. The summed E-state index contributed by atoms with van der Waals surface area (Å²) in [5.41, 5.74) is 2.66. The number of carbonyl (C=O) groups is 2. The number of amides is 3. The number of rotatable bonds is 6. The van der Waals surface area contributed by atoms with Crippen molar-refractivity contribution in [2.75, 3.05) is 26.0 Å². The first-order chi connectivity index (χ1) is 12.0. The molecule has 0 spiro atoms. The second-order valence-corrected chi connectivity index (χ2v) is 5.85. The van der Waals surface area contributed by atoms with E-state index in [0.29, 0.717) is 12.3 Å². The van der Waals surface area contributed by atoms with Crippen LogP contribution in [-0.4, -0.2) is 37.5 Å². The predicted molar refractivity (Wildman–Crippen MR) is 97.7 cm³/mol. The average molecular weight is 341 g/mol. The van der Waals surface area contributed by atoms with Crippen molar-refractivity contribution in [2.45, 2.75) is 13.5 Å². The first-order valence-corrected chi connectivity index (χ1v) is 7.98. The highest BCUT2D eigenvalue weighted by Gasteiger charge is 2.06. The van der Waals surface area contributed by atoms with Gasteiger partial charge in [0.25, 0.3) is 5.91 Å². The Morgan fingerprint density at radius 2 is 1.84 bits per heavy atom. The van der Waals surface area contributed by atoms with Gasteiger partial charge < -0.3 is 20.3 Å². The first-order valence-electron chi connectivity index (χ1n) is 7.98. The van der Waals surface area contributed by atoms with Crippen LogP contribution in [0.2, 0.25) is 0 Å². The molecule has 2 N–H and O–H groups in total. The van der Waals surface area contributed by atoms with E-state index in [4.69, 9.17) is 4.74 Å². The highest BCUT2D eigenvalue weighted by Crippen LogP contribution is 2.14. The lowest BCUT2D eigenvalue weighted by atomic mass is 10.2. The number of aryl methyl sites for hydroxylation is 1. The number of nitrogens with zero attached hydrogens (tertiary/aromatic N) is 1. The summed E-state index contributed by atoms with van der Waals surface area (Å²) in [6.07, 6.45) is 0. The molecule has 0 heterocycles. The van der Waals surface area contributed by atoms with E-state index in [-0.39, 0.29) is 18.5 Å². The zero-order valence-corrected chi connectivity index (χ0v) is 14.7. The SMILES string of the molecule is Cc1ccccc1NC(=O)NCc1cccc(OCC(=O)N(C)C)c1. The molecule has 0 radical (unpaired) electrons. The maximum absolute atomic E-state index is 12.0. The molecule has 0 aliphatic heterocycles. The van der Waals surface area contributed by atoms with Gasteiger partial charge in [0.2, 0.25) is 0 Å². The number of likely N-dealkylation sites (N-methyl/N-ethyl adjacent to an activating group) is 1. The molecule has 0 unspecified atom stereocenters. The Labute approximate surface area is 147 Å². The highest BCUT2D eigenvalue weighted by atomic mass is 16.5. The Morgan fingerprint density at radius 1 is 1.08 bits per heavy atom. The fourth-order valence-electron chi connectivity index (χ4n) is 2.08. The number of hydrogen-bond acceptors (Lipinski definition) is 3. The molecule has 0 aliphatic carbocycles. The summed E-state index contributed by atoms with van der Waals surface area (Å²) in [6, 6.07) is 14.6. The Morgan fingerprint density at radius 3 is 2.56 bits per heavy atom. The monoisotopic (exact) mass is 341 g/mol. The topological polar surface area (TPSA) is 70.7 Å². The van der Waals surface area contributed by atoms with Crippen molar-refractivity contribution < 1.29 is 14.3 Å². The summed E-state index contributed by atoms with van der Waals surface area (Å²) in [5, 5.41) is 5.62. The number of benzene rings is 2. The van der Waals surface area contributed by atoms with Gasteiger partial charge in [-0.3, -0.25) is 4.79 Å². The van der Waals surface area contributed by atoms with E-state index in [2.05, 4.69) is 10.6 Å². The Balaban J connectivity index is 1.86. The highest BCUT2D eigenvalue weighted by molar-refractivity contribution is 5.89. The first kappa shape index (κ1) is 18.3. The maximum atomic E-state index is 12.0. The van der Waals surface area contributed by atoms with Gasteiger partial charge >= 0.3 is 6.03 Å². The second-order valence-electron chi connectivity index (χ2n) is 5.85. The Hall–Kier alpha value is -3.02. The summed E-state index contributed by atoms with van der Waals surface area (Å²) in [4.78, 5) is 25.0. The zero-order chi connectivity index (χ0) is 18.2. The molecule has 0 fully saturated rings. The molecule has 0 aliphatic rings. The minimum Gasteiger partial charge on any atom is -0.484 e. The number of carbonyl (C=O) groups excluding carboxylic acids is 2. The number of urea groups is 1. The second kappa shape index (κ2) is 8.73. The van der Waals surface area contributed by atoms with E-state index in [0.717, 1.165) is 16.8 Å². The van der Waals surface area contributed by atoms with E-state index in [1.807, 2.05) is 43.3 Å². The fraction of sp³-hybridized carbons (Fsp3) is 0.263. The molecule has 132 valence electrons. The van der Waals surface area contributed by atoms with Crippen LogP contribution in [0.3, 0.4) is 0 Å². The zero-order valence-electron chi connectivity index (χ0n) is 14.7. The molecular weight excluding hydrogens is 318 g/mol. The van der Waals surface area contributed by atoms with Crippen LogP contribution >= 0.6 is 0 Å². The molecule has 6 heteroatoms. The van der Waals surface area contributed by atoms with Crippen LogP contribution < -0.4 is 15.4 Å². The number of anilines is 1. The molecule has 6 nitrogen and oxygen atoms in total. The van der Waals surface area contributed by atoms with Gasteiger partial charge in [-0.05, 0) is 36.2 Å². The molecule has 0 saturated carbocycles. The van der Waals surface area contributed by atoms with E-state index >= 15 is 0 Å². The number of nitrogens with one attached hydrogen (secondary N) is 2. The molecule has 0 aromatic heterocycles. The van der Waals surface area contributed by atoms with Gasteiger partial charge in [-0.1, -0.05) is 30.3 Å². The van der Waals surface area contributed by atoms with E-state index in [1.54, 1.807) is 26.2 Å². The van der Waals surface area contributed by atoms with Crippen LogP contribution in [0.15, 0.2) is 48.5 Å². The Kier molecular flexibility index (Phi) is 6.39.